The summed E-state index contributed by atoms with van der Waals surface area (Å²) in [7, 11) is 0. The van der Waals surface area contributed by atoms with Crippen molar-refractivity contribution in [2.45, 2.75) is 12.3 Å². The first-order chi connectivity index (χ1) is 6.93. The van der Waals surface area contributed by atoms with Crippen molar-refractivity contribution >= 4 is 35.8 Å². The van der Waals surface area contributed by atoms with Crippen molar-refractivity contribution in [1.29, 1.82) is 0 Å². The van der Waals surface area contributed by atoms with Crippen LogP contribution in [0.3, 0.4) is 0 Å². The van der Waals surface area contributed by atoms with Crippen LogP contribution in [0, 0.1) is 0 Å². The second-order valence-electron chi connectivity index (χ2n) is 3.86. The van der Waals surface area contributed by atoms with Crippen molar-refractivity contribution in [2.24, 2.45) is 0 Å². The number of nitrogens with zero attached hydrogens (tertiary/aromatic N) is 1. The minimum Gasteiger partial charge on any atom is -0.343 e. The van der Waals surface area contributed by atoms with Crippen LogP contribution in [-0.2, 0) is 0 Å². The van der Waals surface area contributed by atoms with Crippen molar-refractivity contribution < 1.29 is 0 Å². The number of halogens is 2. The number of fused-ring (bicyclic) bond motifs is 1. The van der Waals surface area contributed by atoms with Crippen molar-refractivity contribution in [1.82, 2.24) is 15.3 Å². The molecule has 5 heteroatoms. The summed E-state index contributed by atoms with van der Waals surface area (Å²) < 4.78 is 0. The predicted molar refractivity (Wildman–Crippen MR) is 70.8 cm³/mol. The largest absolute Gasteiger partial charge is 0.343 e. The third kappa shape index (κ3) is 2.32. The van der Waals surface area contributed by atoms with Crippen molar-refractivity contribution in [3.05, 3.63) is 30.1 Å². The lowest BCUT2D eigenvalue weighted by atomic mass is 10.1. The zero-order valence-electron chi connectivity index (χ0n) is 8.77. The number of hydrogen-bond donors (Lipinski definition) is 2. The van der Waals surface area contributed by atoms with Crippen LogP contribution in [0.25, 0.3) is 11.0 Å². The molecule has 2 aromatic heterocycles. The highest BCUT2D eigenvalue weighted by molar-refractivity contribution is 5.85. The van der Waals surface area contributed by atoms with Gasteiger partial charge in [0.15, 0.2) is 0 Å². The van der Waals surface area contributed by atoms with Crippen LogP contribution < -0.4 is 5.32 Å². The third-order valence-electron chi connectivity index (χ3n) is 2.91. The second-order valence-corrected chi connectivity index (χ2v) is 3.86. The van der Waals surface area contributed by atoms with E-state index in [1.807, 2.05) is 12.3 Å². The molecular weight excluding hydrogens is 245 g/mol. The molecule has 0 radical (unpaired) electrons. The number of pyridine rings is 1. The molecule has 1 atom stereocenters. The average Bonchev–Trinajstić information content (AvgIpc) is 2.86. The zero-order chi connectivity index (χ0) is 9.38. The van der Waals surface area contributed by atoms with E-state index in [4.69, 9.17) is 0 Å². The van der Waals surface area contributed by atoms with Gasteiger partial charge in [-0.05, 0) is 31.2 Å². The molecule has 0 aromatic carbocycles. The lowest BCUT2D eigenvalue weighted by Gasteiger charge is -2.03. The minimum absolute atomic E-state index is 0. The SMILES string of the molecule is Cl.Cl.c1cnc2[nH]c(C3CCNC3)cc2c1. The molecule has 0 aliphatic carbocycles. The van der Waals surface area contributed by atoms with Gasteiger partial charge in [0.25, 0.3) is 0 Å². The topological polar surface area (TPSA) is 40.7 Å². The molecule has 3 nitrogen and oxygen atoms in total. The van der Waals surface area contributed by atoms with Gasteiger partial charge in [0.05, 0.1) is 0 Å². The third-order valence-corrected chi connectivity index (χ3v) is 2.91. The first-order valence-corrected chi connectivity index (χ1v) is 5.08. The number of nitrogens with one attached hydrogen (secondary N) is 2. The Balaban J connectivity index is 0.000000640. The Morgan fingerprint density at radius 1 is 1.31 bits per heavy atom. The molecule has 1 aliphatic rings. The summed E-state index contributed by atoms with van der Waals surface area (Å²) in [6, 6.07) is 6.30. The van der Waals surface area contributed by atoms with E-state index >= 15 is 0 Å². The quantitative estimate of drug-likeness (QED) is 0.827. The molecule has 2 aromatic rings. The van der Waals surface area contributed by atoms with Gasteiger partial charge in [0, 0.05) is 29.7 Å². The van der Waals surface area contributed by atoms with Gasteiger partial charge in [-0.2, -0.15) is 0 Å². The molecule has 3 rings (SSSR count). The number of rotatable bonds is 1. The van der Waals surface area contributed by atoms with E-state index in [0.717, 1.165) is 18.7 Å². The zero-order valence-corrected chi connectivity index (χ0v) is 10.4. The van der Waals surface area contributed by atoms with E-state index in [0.29, 0.717) is 5.92 Å². The van der Waals surface area contributed by atoms with Crippen LogP contribution in [0.5, 0.6) is 0 Å². The number of aromatic nitrogens is 2. The fraction of sp³-hybridized carbons (Fsp3) is 0.364. The van der Waals surface area contributed by atoms with Crippen molar-refractivity contribution in [3.8, 4) is 0 Å². The Bertz CT molecular complexity index is 416. The first-order valence-electron chi connectivity index (χ1n) is 5.08. The van der Waals surface area contributed by atoms with Gasteiger partial charge in [0.2, 0.25) is 0 Å². The summed E-state index contributed by atoms with van der Waals surface area (Å²) in [6.07, 6.45) is 3.06. The Morgan fingerprint density at radius 3 is 2.88 bits per heavy atom. The fourth-order valence-electron chi connectivity index (χ4n) is 2.12. The molecule has 0 bridgehead atoms. The van der Waals surface area contributed by atoms with Gasteiger partial charge in [-0.15, -0.1) is 24.8 Å². The van der Waals surface area contributed by atoms with Crippen LogP contribution in [-0.4, -0.2) is 23.1 Å². The molecule has 1 aliphatic heterocycles. The predicted octanol–water partition coefficient (Wildman–Crippen LogP) is 2.48. The summed E-state index contributed by atoms with van der Waals surface area (Å²) in [6.45, 7) is 2.22. The van der Waals surface area contributed by atoms with E-state index in [2.05, 4.69) is 27.4 Å². The van der Waals surface area contributed by atoms with Gasteiger partial charge >= 0.3 is 0 Å². The molecule has 1 fully saturated rings. The summed E-state index contributed by atoms with van der Waals surface area (Å²) in [5, 5.41) is 4.59. The van der Waals surface area contributed by atoms with Crippen molar-refractivity contribution in [3.63, 3.8) is 0 Å². The molecule has 1 unspecified atom stereocenters. The van der Waals surface area contributed by atoms with E-state index < -0.39 is 0 Å². The number of H-pyrrole nitrogens is 1. The Kier molecular flexibility index (Phi) is 4.59. The molecule has 16 heavy (non-hydrogen) atoms. The number of aromatic amines is 1. The maximum Gasteiger partial charge on any atom is 0.137 e. The van der Waals surface area contributed by atoms with E-state index in [-0.39, 0.29) is 24.8 Å². The van der Waals surface area contributed by atoms with E-state index in [1.165, 1.54) is 17.5 Å². The molecule has 0 amide bonds. The van der Waals surface area contributed by atoms with Crippen LogP contribution >= 0.6 is 24.8 Å². The van der Waals surface area contributed by atoms with Gasteiger partial charge < -0.3 is 10.3 Å². The standard InChI is InChI=1S/C11H13N3.2ClH/c1-2-8-6-10(9-3-5-12-7-9)14-11(8)13-4-1;;/h1-2,4,6,9,12H,3,5,7H2,(H,13,14);2*1H. The molecule has 3 heterocycles. The highest BCUT2D eigenvalue weighted by atomic mass is 35.5. The second kappa shape index (κ2) is 5.53. The highest BCUT2D eigenvalue weighted by Crippen LogP contribution is 2.24. The fourth-order valence-corrected chi connectivity index (χ4v) is 2.12. The summed E-state index contributed by atoms with van der Waals surface area (Å²) in [4.78, 5) is 7.68. The molecule has 1 saturated heterocycles. The van der Waals surface area contributed by atoms with Gasteiger partial charge in [-0.3, -0.25) is 0 Å². The monoisotopic (exact) mass is 259 g/mol. The number of hydrogen-bond acceptors (Lipinski definition) is 2. The summed E-state index contributed by atoms with van der Waals surface area (Å²) >= 11 is 0. The van der Waals surface area contributed by atoms with Gasteiger partial charge in [-0.1, -0.05) is 0 Å². The highest BCUT2D eigenvalue weighted by Gasteiger charge is 2.18. The van der Waals surface area contributed by atoms with E-state index in [9.17, 15) is 0 Å². The minimum atomic E-state index is 0. The Labute approximate surface area is 107 Å². The molecule has 0 saturated carbocycles. The molecule has 2 N–H and O–H groups in total. The Morgan fingerprint density at radius 2 is 2.19 bits per heavy atom. The van der Waals surface area contributed by atoms with Crippen molar-refractivity contribution in [2.75, 3.05) is 13.1 Å². The lowest BCUT2D eigenvalue weighted by Crippen LogP contribution is -2.07. The van der Waals surface area contributed by atoms with E-state index in [1.54, 1.807) is 0 Å². The van der Waals surface area contributed by atoms with Crippen LogP contribution in [0.2, 0.25) is 0 Å². The first kappa shape index (κ1) is 13.3. The van der Waals surface area contributed by atoms with Crippen LogP contribution in [0.1, 0.15) is 18.0 Å². The van der Waals surface area contributed by atoms with Gasteiger partial charge in [-0.25, -0.2) is 4.98 Å². The maximum atomic E-state index is 4.30. The average molecular weight is 260 g/mol. The normalized spacial score (nSPS) is 19.1. The van der Waals surface area contributed by atoms with Crippen LogP contribution in [0.4, 0.5) is 0 Å². The lowest BCUT2D eigenvalue weighted by molar-refractivity contribution is 0.743. The van der Waals surface area contributed by atoms with Gasteiger partial charge in [0.1, 0.15) is 5.65 Å². The molecule has 88 valence electrons. The molecular formula is C11H15Cl2N3. The van der Waals surface area contributed by atoms with Crippen LogP contribution in [0.15, 0.2) is 24.4 Å². The molecule has 0 spiro atoms. The Hall–Kier alpha value is -0.770. The maximum absolute atomic E-state index is 4.30. The smallest absolute Gasteiger partial charge is 0.137 e. The summed E-state index contributed by atoms with van der Waals surface area (Å²) in [5.74, 6) is 0.643. The summed E-state index contributed by atoms with van der Waals surface area (Å²) in [5.41, 5.74) is 2.33.